The molecule has 0 N–H and O–H groups in total. The van der Waals surface area contributed by atoms with E-state index >= 15 is 0 Å². The number of nitrogens with zero attached hydrogens (tertiary/aromatic N) is 2. The van der Waals surface area contributed by atoms with Crippen LogP contribution in [0.15, 0.2) is 42.6 Å². The minimum Gasteiger partial charge on any atom is -0.482 e. The van der Waals surface area contributed by atoms with E-state index in [0.29, 0.717) is 17.9 Å². The van der Waals surface area contributed by atoms with Gasteiger partial charge in [-0.25, -0.2) is 4.79 Å². The normalized spacial score (nSPS) is 10.8. The van der Waals surface area contributed by atoms with Crippen molar-refractivity contribution >= 4 is 28.3 Å². The second-order valence-electron chi connectivity index (χ2n) is 5.81. The van der Waals surface area contributed by atoms with Crippen LogP contribution in [0.4, 0.5) is 0 Å². The Kier molecular flexibility index (Phi) is 4.61. The Morgan fingerprint density at radius 1 is 1.08 bits per heavy atom. The zero-order valence-corrected chi connectivity index (χ0v) is 14.5. The first-order chi connectivity index (χ1) is 12.0. The predicted molar refractivity (Wildman–Crippen MR) is 95.0 cm³/mol. The van der Waals surface area contributed by atoms with Crippen molar-refractivity contribution in [3.8, 4) is 5.75 Å². The van der Waals surface area contributed by atoms with Crippen molar-refractivity contribution in [2.24, 2.45) is 0 Å². The maximum Gasteiger partial charge on any atom is 0.340 e. The lowest BCUT2D eigenvalue weighted by Gasteiger charge is -2.11. The fourth-order valence-electron chi connectivity index (χ4n) is 2.69. The molecule has 0 aliphatic carbocycles. The van der Waals surface area contributed by atoms with Crippen molar-refractivity contribution in [3.63, 3.8) is 0 Å². The maximum absolute atomic E-state index is 12.4. The molecule has 25 heavy (non-hydrogen) atoms. The van der Waals surface area contributed by atoms with E-state index in [1.54, 1.807) is 33.3 Å². The van der Waals surface area contributed by atoms with Crippen LogP contribution < -0.4 is 4.74 Å². The molecule has 0 saturated heterocycles. The van der Waals surface area contributed by atoms with E-state index in [4.69, 9.17) is 9.47 Å². The molecule has 0 bridgehead atoms. The van der Waals surface area contributed by atoms with Gasteiger partial charge >= 0.3 is 5.97 Å². The van der Waals surface area contributed by atoms with Crippen LogP contribution in [-0.4, -0.2) is 48.5 Å². The number of hydrogen-bond acceptors (Lipinski definition) is 4. The van der Waals surface area contributed by atoms with Gasteiger partial charge in [0.1, 0.15) is 5.75 Å². The standard InChI is InChI=1S/C19H20N2O4/c1-4-24-19(23)18-14-7-5-6-8-15(14)21-11-13(9-10-16(18)21)25-12-17(22)20(2)3/h5-11H,4,12H2,1-3H3. The molecule has 0 saturated carbocycles. The highest BCUT2D eigenvalue weighted by atomic mass is 16.5. The summed E-state index contributed by atoms with van der Waals surface area (Å²) in [5.74, 6) is 0.0844. The first-order valence-electron chi connectivity index (χ1n) is 8.05. The van der Waals surface area contributed by atoms with E-state index in [9.17, 15) is 9.59 Å². The molecule has 6 heteroatoms. The maximum atomic E-state index is 12.4. The lowest BCUT2D eigenvalue weighted by molar-refractivity contribution is -0.130. The second-order valence-corrected chi connectivity index (χ2v) is 5.81. The Labute approximate surface area is 145 Å². The first kappa shape index (κ1) is 16.8. The van der Waals surface area contributed by atoms with E-state index in [1.165, 1.54) is 4.90 Å². The minimum atomic E-state index is -0.349. The summed E-state index contributed by atoms with van der Waals surface area (Å²) in [5.41, 5.74) is 2.16. The number of fused-ring (bicyclic) bond motifs is 3. The number of likely N-dealkylation sites (N-methyl/N-ethyl adjacent to an activating group) is 1. The third-order valence-corrected chi connectivity index (χ3v) is 3.95. The average molecular weight is 340 g/mol. The van der Waals surface area contributed by atoms with Crippen LogP contribution in [0.2, 0.25) is 0 Å². The quantitative estimate of drug-likeness (QED) is 0.670. The van der Waals surface area contributed by atoms with Crippen molar-refractivity contribution in [1.82, 2.24) is 9.30 Å². The smallest absolute Gasteiger partial charge is 0.340 e. The fraction of sp³-hybridized carbons (Fsp3) is 0.263. The second kappa shape index (κ2) is 6.84. The number of amides is 1. The summed E-state index contributed by atoms with van der Waals surface area (Å²) >= 11 is 0. The SMILES string of the molecule is CCOC(=O)c1c2ccccc2n2cc(OCC(=O)N(C)C)ccc12. The number of hydrogen-bond donors (Lipinski definition) is 0. The highest BCUT2D eigenvalue weighted by Crippen LogP contribution is 2.29. The number of carbonyl (C=O) groups is 2. The molecule has 0 spiro atoms. The van der Waals surface area contributed by atoms with Gasteiger partial charge in [-0.05, 0) is 25.1 Å². The molecule has 6 nitrogen and oxygen atoms in total. The van der Waals surface area contributed by atoms with Crippen molar-refractivity contribution in [2.45, 2.75) is 6.92 Å². The number of rotatable bonds is 5. The minimum absolute atomic E-state index is 0.0392. The van der Waals surface area contributed by atoms with Gasteiger partial charge in [0.25, 0.3) is 5.91 Å². The molecule has 130 valence electrons. The number of benzene rings is 1. The highest BCUT2D eigenvalue weighted by Gasteiger charge is 2.19. The average Bonchev–Trinajstić information content (AvgIpc) is 2.93. The molecular weight excluding hydrogens is 320 g/mol. The van der Waals surface area contributed by atoms with Crippen molar-refractivity contribution < 1.29 is 19.1 Å². The van der Waals surface area contributed by atoms with Gasteiger partial charge in [-0.3, -0.25) is 4.79 Å². The van der Waals surface area contributed by atoms with E-state index in [0.717, 1.165) is 16.4 Å². The molecule has 0 radical (unpaired) electrons. The summed E-state index contributed by atoms with van der Waals surface area (Å²) in [5, 5.41) is 0.822. The van der Waals surface area contributed by atoms with Crippen LogP contribution in [0.25, 0.3) is 16.4 Å². The Hall–Kier alpha value is -3.02. The summed E-state index contributed by atoms with van der Waals surface area (Å²) in [6.45, 7) is 2.06. The zero-order valence-electron chi connectivity index (χ0n) is 14.5. The molecule has 2 heterocycles. The van der Waals surface area contributed by atoms with Crippen molar-refractivity contribution in [3.05, 3.63) is 48.2 Å². The van der Waals surface area contributed by atoms with Gasteiger partial charge in [-0.2, -0.15) is 0 Å². The van der Waals surface area contributed by atoms with Gasteiger partial charge in [0.2, 0.25) is 0 Å². The molecule has 2 aromatic heterocycles. The van der Waals surface area contributed by atoms with Crippen LogP contribution in [0.1, 0.15) is 17.3 Å². The molecule has 3 aromatic rings. The monoisotopic (exact) mass is 340 g/mol. The van der Waals surface area contributed by atoms with E-state index in [1.807, 2.05) is 34.7 Å². The summed E-state index contributed by atoms with van der Waals surface area (Å²) in [4.78, 5) is 25.6. The van der Waals surface area contributed by atoms with Crippen LogP contribution in [-0.2, 0) is 9.53 Å². The number of ether oxygens (including phenoxy) is 2. The number of esters is 1. The number of pyridine rings is 1. The van der Waals surface area contributed by atoms with E-state index in [-0.39, 0.29) is 18.5 Å². The van der Waals surface area contributed by atoms with E-state index in [2.05, 4.69) is 0 Å². The highest BCUT2D eigenvalue weighted by molar-refractivity contribution is 6.11. The summed E-state index contributed by atoms with van der Waals surface area (Å²) in [6, 6.07) is 11.2. The Morgan fingerprint density at radius 2 is 1.84 bits per heavy atom. The molecule has 1 aromatic carbocycles. The lowest BCUT2D eigenvalue weighted by Crippen LogP contribution is -2.27. The molecule has 3 rings (SSSR count). The van der Waals surface area contributed by atoms with Crippen molar-refractivity contribution in [2.75, 3.05) is 27.3 Å². The van der Waals surface area contributed by atoms with Crippen LogP contribution in [0.5, 0.6) is 5.75 Å². The largest absolute Gasteiger partial charge is 0.482 e. The molecule has 0 fully saturated rings. The lowest BCUT2D eigenvalue weighted by atomic mass is 10.1. The molecule has 1 amide bonds. The van der Waals surface area contributed by atoms with Gasteiger partial charge in [-0.15, -0.1) is 0 Å². The predicted octanol–water partition coefficient (Wildman–Crippen LogP) is 2.74. The van der Waals surface area contributed by atoms with Gasteiger partial charge < -0.3 is 18.8 Å². The summed E-state index contributed by atoms with van der Waals surface area (Å²) in [7, 11) is 3.36. The number of aromatic nitrogens is 1. The van der Waals surface area contributed by atoms with E-state index < -0.39 is 0 Å². The van der Waals surface area contributed by atoms with Gasteiger partial charge in [0, 0.05) is 19.5 Å². The van der Waals surface area contributed by atoms with Gasteiger partial charge in [-0.1, -0.05) is 18.2 Å². The number of carbonyl (C=O) groups excluding carboxylic acids is 2. The Bertz CT molecular complexity index is 943. The van der Waals surface area contributed by atoms with Crippen LogP contribution >= 0.6 is 0 Å². The number of para-hydroxylation sites is 1. The van der Waals surface area contributed by atoms with Crippen molar-refractivity contribution in [1.29, 1.82) is 0 Å². The van der Waals surface area contributed by atoms with Crippen LogP contribution in [0.3, 0.4) is 0 Å². The molecule has 0 aliphatic heterocycles. The fourth-order valence-corrected chi connectivity index (χ4v) is 2.69. The zero-order chi connectivity index (χ0) is 18.0. The molecule has 0 unspecified atom stereocenters. The summed E-state index contributed by atoms with van der Waals surface area (Å²) < 4.78 is 12.7. The third-order valence-electron chi connectivity index (χ3n) is 3.95. The van der Waals surface area contributed by atoms with Crippen LogP contribution in [0, 0.1) is 0 Å². The molecule has 0 aliphatic rings. The Morgan fingerprint density at radius 3 is 2.56 bits per heavy atom. The third kappa shape index (κ3) is 3.15. The Balaban J connectivity index is 2.06. The first-order valence-corrected chi connectivity index (χ1v) is 8.05. The molecular formula is C19H20N2O4. The van der Waals surface area contributed by atoms with Gasteiger partial charge in [0.05, 0.1) is 29.4 Å². The molecule has 0 atom stereocenters. The topological polar surface area (TPSA) is 60.2 Å². The van der Waals surface area contributed by atoms with Gasteiger partial charge in [0.15, 0.2) is 6.61 Å². The summed E-state index contributed by atoms with van der Waals surface area (Å²) in [6.07, 6.45) is 1.78.